The highest BCUT2D eigenvalue weighted by Crippen LogP contribution is 2.32. The minimum absolute atomic E-state index is 0.0464. The smallest absolute Gasteiger partial charge is 0.254 e. The lowest BCUT2D eigenvalue weighted by Gasteiger charge is -2.12. The summed E-state index contributed by atoms with van der Waals surface area (Å²) in [7, 11) is 1.57. The Morgan fingerprint density at radius 3 is 2.67 bits per heavy atom. The van der Waals surface area contributed by atoms with Crippen LogP contribution < -0.4 is 14.8 Å². The van der Waals surface area contributed by atoms with Crippen LogP contribution in [0.4, 0.5) is 4.39 Å². The van der Waals surface area contributed by atoms with E-state index >= 15 is 4.39 Å². The Bertz CT molecular complexity index is 1200. The van der Waals surface area contributed by atoms with Crippen molar-refractivity contribution in [2.24, 2.45) is 0 Å². The minimum atomic E-state index is -0.733. The summed E-state index contributed by atoms with van der Waals surface area (Å²) < 4.78 is 26.0. The van der Waals surface area contributed by atoms with E-state index in [0.717, 1.165) is 5.56 Å². The van der Waals surface area contributed by atoms with Crippen LogP contribution in [0, 0.1) is 5.82 Å². The van der Waals surface area contributed by atoms with Gasteiger partial charge in [0.15, 0.2) is 11.6 Å². The van der Waals surface area contributed by atoms with Crippen molar-refractivity contribution < 1.29 is 18.7 Å². The number of nitrogens with one attached hydrogen (secondary N) is 1. The topological polar surface area (TPSA) is 73.3 Å². The Kier molecular flexibility index (Phi) is 5.52. The van der Waals surface area contributed by atoms with Gasteiger partial charge in [-0.3, -0.25) is 14.8 Å². The predicted octanol–water partition coefficient (Wildman–Crippen LogP) is 4.50. The number of amides is 1. The molecule has 6 nitrogen and oxygen atoms in total. The second-order valence-corrected chi connectivity index (χ2v) is 6.45. The predicted molar refractivity (Wildman–Crippen MR) is 110 cm³/mol. The maximum Gasteiger partial charge on any atom is 0.254 e. The Balaban J connectivity index is 1.57. The van der Waals surface area contributed by atoms with E-state index in [1.165, 1.54) is 12.1 Å². The molecule has 1 N–H and O–H groups in total. The molecule has 0 saturated heterocycles. The van der Waals surface area contributed by atoms with E-state index in [9.17, 15) is 4.79 Å². The van der Waals surface area contributed by atoms with Crippen molar-refractivity contribution in [1.29, 1.82) is 0 Å². The van der Waals surface area contributed by atoms with Gasteiger partial charge >= 0.3 is 0 Å². The molecule has 0 aliphatic rings. The number of hydrogen-bond donors (Lipinski definition) is 1. The third-order valence-electron chi connectivity index (χ3n) is 4.54. The second kappa shape index (κ2) is 8.57. The van der Waals surface area contributed by atoms with Gasteiger partial charge < -0.3 is 14.8 Å². The van der Waals surface area contributed by atoms with E-state index in [1.54, 1.807) is 68.2 Å². The first-order chi connectivity index (χ1) is 14.7. The number of methoxy groups -OCH3 is 1. The number of benzene rings is 2. The van der Waals surface area contributed by atoms with E-state index < -0.39 is 11.7 Å². The van der Waals surface area contributed by atoms with Gasteiger partial charge in [0.25, 0.3) is 5.91 Å². The van der Waals surface area contributed by atoms with E-state index in [1.807, 2.05) is 0 Å². The fourth-order valence-electron chi connectivity index (χ4n) is 2.98. The van der Waals surface area contributed by atoms with Crippen LogP contribution in [0.1, 0.15) is 15.9 Å². The van der Waals surface area contributed by atoms with Crippen LogP contribution in [0.5, 0.6) is 17.2 Å². The average Bonchev–Trinajstić information content (AvgIpc) is 2.79. The fourth-order valence-corrected chi connectivity index (χ4v) is 2.98. The second-order valence-electron chi connectivity index (χ2n) is 6.45. The molecule has 4 aromatic rings. The summed E-state index contributed by atoms with van der Waals surface area (Å²) in [6, 6.07) is 15.0. The Labute approximate surface area is 172 Å². The standard InChI is InChI=1S/C23H18FN3O3/c1-29-16-5-6-17-19(13-16)26-12-9-20(17)30-21-4-2-3-18(22(21)24)23(28)27-14-15-7-10-25-11-8-15/h2-13H,14H2,1H3,(H,27,28). The highest BCUT2D eigenvalue weighted by atomic mass is 19.1. The first-order valence-electron chi connectivity index (χ1n) is 9.22. The molecule has 0 bridgehead atoms. The van der Waals surface area contributed by atoms with Crippen LogP contribution in [0.3, 0.4) is 0 Å². The monoisotopic (exact) mass is 403 g/mol. The molecule has 4 rings (SSSR count). The maximum absolute atomic E-state index is 15.0. The molecular formula is C23H18FN3O3. The molecule has 7 heteroatoms. The molecule has 0 fully saturated rings. The number of fused-ring (bicyclic) bond motifs is 1. The van der Waals surface area contributed by atoms with Gasteiger partial charge in [0.2, 0.25) is 0 Å². The van der Waals surface area contributed by atoms with Crippen molar-refractivity contribution in [3.8, 4) is 17.2 Å². The van der Waals surface area contributed by atoms with E-state index in [-0.39, 0.29) is 17.9 Å². The number of nitrogens with zero attached hydrogens (tertiary/aromatic N) is 2. The number of rotatable bonds is 6. The number of aromatic nitrogens is 2. The van der Waals surface area contributed by atoms with Crippen molar-refractivity contribution in [1.82, 2.24) is 15.3 Å². The summed E-state index contributed by atoms with van der Waals surface area (Å²) in [6.45, 7) is 0.267. The molecule has 0 unspecified atom stereocenters. The number of carbonyl (C=O) groups excluding carboxylic acids is 1. The van der Waals surface area contributed by atoms with Crippen LogP contribution >= 0.6 is 0 Å². The third kappa shape index (κ3) is 4.05. The molecule has 1 amide bonds. The average molecular weight is 403 g/mol. The summed E-state index contributed by atoms with van der Waals surface area (Å²) in [4.78, 5) is 20.7. The van der Waals surface area contributed by atoms with Crippen LogP contribution in [-0.2, 0) is 6.54 Å². The van der Waals surface area contributed by atoms with Gasteiger partial charge in [0.1, 0.15) is 11.5 Å². The van der Waals surface area contributed by atoms with Crippen LogP contribution in [0.15, 0.2) is 73.2 Å². The molecule has 30 heavy (non-hydrogen) atoms. The normalized spacial score (nSPS) is 10.6. The first kappa shape index (κ1) is 19.3. The lowest BCUT2D eigenvalue weighted by molar-refractivity contribution is 0.0946. The van der Waals surface area contributed by atoms with E-state index in [0.29, 0.717) is 22.4 Å². The molecule has 0 saturated carbocycles. The van der Waals surface area contributed by atoms with E-state index in [2.05, 4.69) is 15.3 Å². The van der Waals surface area contributed by atoms with Crippen molar-refractivity contribution >= 4 is 16.8 Å². The summed E-state index contributed by atoms with van der Waals surface area (Å²) in [5.41, 5.74) is 1.42. The van der Waals surface area contributed by atoms with Crippen LogP contribution in [-0.4, -0.2) is 23.0 Å². The quantitative estimate of drug-likeness (QED) is 0.513. The van der Waals surface area contributed by atoms with E-state index in [4.69, 9.17) is 9.47 Å². The van der Waals surface area contributed by atoms with Gasteiger partial charge in [-0.25, -0.2) is 4.39 Å². The van der Waals surface area contributed by atoms with Gasteiger partial charge in [0.05, 0.1) is 18.2 Å². The van der Waals surface area contributed by atoms with Gasteiger partial charge in [-0.1, -0.05) is 6.07 Å². The van der Waals surface area contributed by atoms with Gasteiger partial charge in [-0.2, -0.15) is 0 Å². The lowest BCUT2D eigenvalue weighted by atomic mass is 10.1. The SMILES string of the molecule is COc1ccc2c(Oc3cccc(C(=O)NCc4ccncc4)c3F)ccnc2c1. The number of ether oxygens (including phenoxy) is 2. The zero-order valence-corrected chi connectivity index (χ0v) is 16.1. The summed E-state index contributed by atoms with van der Waals surface area (Å²) in [5.74, 6) is -0.223. The van der Waals surface area contributed by atoms with Crippen molar-refractivity contribution in [2.75, 3.05) is 7.11 Å². The number of carbonyl (C=O) groups is 1. The molecule has 0 atom stereocenters. The van der Waals surface area contributed by atoms with Crippen molar-refractivity contribution in [2.45, 2.75) is 6.54 Å². The van der Waals surface area contributed by atoms with Gasteiger partial charge in [-0.05, 0) is 48.0 Å². The molecule has 2 aromatic heterocycles. The number of halogens is 1. The van der Waals surface area contributed by atoms with Crippen LogP contribution in [0.25, 0.3) is 10.9 Å². The lowest BCUT2D eigenvalue weighted by Crippen LogP contribution is -2.24. The van der Waals surface area contributed by atoms with Crippen molar-refractivity contribution in [3.05, 3.63) is 90.1 Å². The zero-order chi connectivity index (χ0) is 20.9. The maximum atomic E-state index is 15.0. The molecule has 150 valence electrons. The third-order valence-corrected chi connectivity index (χ3v) is 4.54. The summed E-state index contributed by atoms with van der Waals surface area (Å²) in [6.07, 6.45) is 4.83. The molecule has 0 aliphatic carbocycles. The highest BCUT2D eigenvalue weighted by Gasteiger charge is 2.17. The minimum Gasteiger partial charge on any atom is -0.497 e. The largest absolute Gasteiger partial charge is 0.497 e. The Morgan fingerprint density at radius 2 is 1.87 bits per heavy atom. The van der Waals surface area contributed by atoms with Crippen LogP contribution in [0.2, 0.25) is 0 Å². The highest BCUT2D eigenvalue weighted by molar-refractivity contribution is 5.95. The number of hydrogen-bond acceptors (Lipinski definition) is 5. The molecule has 0 aliphatic heterocycles. The Morgan fingerprint density at radius 1 is 1.03 bits per heavy atom. The molecular weight excluding hydrogens is 385 g/mol. The first-order valence-corrected chi connectivity index (χ1v) is 9.22. The van der Waals surface area contributed by atoms with Crippen molar-refractivity contribution in [3.63, 3.8) is 0 Å². The summed E-state index contributed by atoms with van der Waals surface area (Å²) in [5, 5.41) is 3.40. The number of pyridine rings is 2. The molecule has 0 spiro atoms. The van der Waals surface area contributed by atoms with Gasteiger partial charge in [0, 0.05) is 36.6 Å². The molecule has 0 radical (unpaired) electrons. The van der Waals surface area contributed by atoms with Gasteiger partial charge in [-0.15, -0.1) is 0 Å². The fraction of sp³-hybridized carbons (Fsp3) is 0.0870. The Hall–Kier alpha value is -4.00. The molecule has 2 heterocycles. The summed E-state index contributed by atoms with van der Waals surface area (Å²) >= 11 is 0. The zero-order valence-electron chi connectivity index (χ0n) is 16.1. The molecule has 2 aromatic carbocycles.